The summed E-state index contributed by atoms with van der Waals surface area (Å²) in [6, 6.07) is 6.04. The van der Waals surface area contributed by atoms with Gasteiger partial charge in [0.15, 0.2) is 11.6 Å². The quantitative estimate of drug-likeness (QED) is 0.259. The summed E-state index contributed by atoms with van der Waals surface area (Å²) in [5.41, 5.74) is 0.158. The van der Waals surface area contributed by atoms with Gasteiger partial charge in [0.2, 0.25) is 0 Å². The van der Waals surface area contributed by atoms with E-state index in [1.54, 1.807) is 12.1 Å². The molecule has 0 saturated carbocycles. The first-order chi connectivity index (χ1) is 12.5. The molecule has 26 heavy (non-hydrogen) atoms. The van der Waals surface area contributed by atoms with Gasteiger partial charge in [0.1, 0.15) is 38.3 Å². The van der Waals surface area contributed by atoms with Crippen LogP contribution in [0, 0.1) is 0 Å². The molecule has 1 aromatic rings. The van der Waals surface area contributed by atoms with E-state index in [-0.39, 0.29) is 36.5 Å². The minimum Gasteiger partial charge on any atom is -0.462 e. The van der Waals surface area contributed by atoms with Crippen molar-refractivity contribution < 1.29 is 38.1 Å². The molecule has 1 aromatic carbocycles. The van der Waals surface area contributed by atoms with E-state index in [9.17, 15) is 19.2 Å². The van der Waals surface area contributed by atoms with E-state index >= 15 is 0 Å². The molecule has 0 amide bonds. The third kappa shape index (κ3) is 5.47. The van der Waals surface area contributed by atoms with Crippen molar-refractivity contribution in [3.05, 3.63) is 35.4 Å². The normalized spacial score (nSPS) is 20.2. The molecule has 2 atom stereocenters. The predicted octanol–water partition coefficient (Wildman–Crippen LogP) is 0.716. The highest BCUT2D eigenvalue weighted by atomic mass is 16.6. The molecular weight excluding hydrogens is 344 g/mol. The highest BCUT2D eigenvalue weighted by Gasteiger charge is 2.27. The number of rotatable bonds is 10. The second-order valence-electron chi connectivity index (χ2n) is 6.02. The molecule has 2 aliphatic rings. The lowest BCUT2D eigenvalue weighted by Crippen LogP contribution is -2.18. The molecule has 0 aromatic heterocycles. The minimum atomic E-state index is -0.684. The zero-order valence-corrected chi connectivity index (χ0v) is 14.0. The van der Waals surface area contributed by atoms with Crippen LogP contribution >= 0.6 is 0 Å². The van der Waals surface area contributed by atoms with Crippen LogP contribution in [-0.4, -0.2) is 62.1 Å². The van der Waals surface area contributed by atoms with E-state index in [4.69, 9.17) is 18.9 Å². The molecule has 0 N–H and O–H groups in total. The van der Waals surface area contributed by atoms with Gasteiger partial charge in [-0.15, -0.1) is 0 Å². The van der Waals surface area contributed by atoms with Crippen LogP contribution in [0.5, 0.6) is 0 Å². The van der Waals surface area contributed by atoms with Crippen LogP contribution in [0.1, 0.15) is 33.6 Å². The molecule has 0 bridgehead atoms. The summed E-state index contributed by atoms with van der Waals surface area (Å²) in [6.07, 6.45) is -1.15. The smallest absolute Gasteiger partial charge is 0.313 e. The van der Waals surface area contributed by atoms with Gasteiger partial charge in [-0.25, -0.2) is 0 Å². The lowest BCUT2D eigenvalue weighted by molar-refractivity contribution is -0.144. The molecule has 2 heterocycles. The Balaban J connectivity index is 1.56. The fraction of sp³-hybridized carbons (Fsp3) is 0.444. The third-order valence-corrected chi connectivity index (χ3v) is 3.80. The van der Waals surface area contributed by atoms with Gasteiger partial charge in [0, 0.05) is 11.1 Å². The monoisotopic (exact) mass is 362 g/mol. The molecular formula is C18H18O8. The Hall–Kier alpha value is -2.58. The molecule has 2 unspecified atom stereocenters. The molecule has 2 fully saturated rings. The van der Waals surface area contributed by atoms with Gasteiger partial charge in [0.25, 0.3) is 0 Å². The van der Waals surface area contributed by atoms with Crippen LogP contribution in [0.4, 0.5) is 0 Å². The van der Waals surface area contributed by atoms with Crippen molar-refractivity contribution in [1.29, 1.82) is 0 Å². The molecule has 0 spiro atoms. The maximum atomic E-state index is 12.3. The van der Waals surface area contributed by atoms with Gasteiger partial charge in [-0.3, -0.25) is 19.2 Å². The molecule has 2 aliphatic heterocycles. The number of carbonyl (C=O) groups excluding carboxylic acids is 4. The predicted molar refractivity (Wildman–Crippen MR) is 85.7 cm³/mol. The van der Waals surface area contributed by atoms with Crippen molar-refractivity contribution >= 4 is 23.5 Å². The molecule has 138 valence electrons. The number of benzene rings is 1. The maximum absolute atomic E-state index is 12.3. The third-order valence-electron chi connectivity index (χ3n) is 3.80. The van der Waals surface area contributed by atoms with Crippen LogP contribution in [0.25, 0.3) is 0 Å². The highest BCUT2D eigenvalue weighted by Crippen LogP contribution is 2.16. The van der Waals surface area contributed by atoms with Crippen LogP contribution in [0.2, 0.25) is 0 Å². The summed E-state index contributed by atoms with van der Waals surface area (Å²) < 4.78 is 19.7. The number of ether oxygens (including phenoxy) is 4. The number of ketones is 2. The fourth-order valence-electron chi connectivity index (χ4n) is 2.22. The van der Waals surface area contributed by atoms with Gasteiger partial charge in [-0.05, 0) is 0 Å². The van der Waals surface area contributed by atoms with Gasteiger partial charge in [0.05, 0.1) is 13.2 Å². The molecule has 8 heteroatoms. The van der Waals surface area contributed by atoms with E-state index in [1.165, 1.54) is 12.1 Å². The standard InChI is InChI=1S/C18H18O8/c19-15(5-17(21)25-9-11-7-23-11)13-3-1-2-4-14(13)16(20)6-18(22)26-10-12-8-24-12/h1-4,11-12H,5-10H2. The average molecular weight is 362 g/mol. The summed E-state index contributed by atoms with van der Waals surface area (Å²) in [5.74, 6) is -2.46. The topological polar surface area (TPSA) is 112 Å². The largest absolute Gasteiger partial charge is 0.462 e. The Morgan fingerprint density at radius 1 is 0.808 bits per heavy atom. The highest BCUT2D eigenvalue weighted by molar-refractivity contribution is 6.15. The minimum absolute atomic E-state index is 0.0791. The van der Waals surface area contributed by atoms with E-state index in [1.807, 2.05) is 0 Å². The van der Waals surface area contributed by atoms with Gasteiger partial charge in [-0.1, -0.05) is 24.3 Å². The van der Waals surface area contributed by atoms with Gasteiger partial charge in [-0.2, -0.15) is 0 Å². The van der Waals surface area contributed by atoms with Crippen LogP contribution in [0.15, 0.2) is 24.3 Å². The van der Waals surface area contributed by atoms with Crippen molar-refractivity contribution in [3.63, 3.8) is 0 Å². The van der Waals surface area contributed by atoms with Crippen LogP contribution in [-0.2, 0) is 28.5 Å². The Morgan fingerprint density at radius 3 is 1.54 bits per heavy atom. The zero-order valence-electron chi connectivity index (χ0n) is 14.0. The van der Waals surface area contributed by atoms with Crippen molar-refractivity contribution in [3.8, 4) is 0 Å². The Morgan fingerprint density at radius 2 is 1.19 bits per heavy atom. The number of esters is 2. The van der Waals surface area contributed by atoms with Crippen molar-refractivity contribution in [2.45, 2.75) is 25.0 Å². The average Bonchev–Trinajstić information content (AvgIpc) is 3.53. The van der Waals surface area contributed by atoms with E-state index in [0.29, 0.717) is 13.2 Å². The molecule has 0 aliphatic carbocycles. The summed E-state index contributed by atoms with van der Waals surface area (Å²) >= 11 is 0. The molecule has 2 saturated heterocycles. The van der Waals surface area contributed by atoms with Crippen LogP contribution in [0.3, 0.4) is 0 Å². The van der Waals surface area contributed by atoms with E-state index in [0.717, 1.165) is 0 Å². The first-order valence-corrected chi connectivity index (χ1v) is 8.23. The second-order valence-corrected chi connectivity index (χ2v) is 6.02. The Kier molecular flexibility index (Phi) is 5.75. The van der Waals surface area contributed by atoms with Crippen LogP contribution < -0.4 is 0 Å². The summed E-state index contributed by atoms with van der Waals surface area (Å²) in [4.78, 5) is 48.1. The number of Topliss-reactive ketones (excluding diaryl/α,β-unsaturated/α-hetero) is 2. The van der Waals surface area contributed by atoms with E-state index in [2.05, 4.69) is 0 Å². The van der Waals surface area contributed by atoms with Gasteiger partial charge >= 0.3 is 11.9 Å². The van der Waals surface area contributed by atoms with Gasteiger partial charge < -0.3 is 18.9 Å². The first kappa shape index (κ1) is 18.2. The number of hydrogen-bond acceptors (Lipinski definition) is 8. The van der Waals surface area contributed by atoms with Crippen molar-refractivity contribution in [1.82, 2.24) is 0 Å². The Bertz CT molecular complexity index is 657. The Labute approximate surface area is 149 Å². The van der Waals surface area contributed by atoms with Crippen molar-refractivity contribution in [2.24, 2.45) is 0 Å². The molecule has 0 radical (unpaired) electrons. The number of carbonyl (C=O) groups is 4. The number of hydrogen-bond donors (Lipinski definition) is 0. The second kappa shape index (κ2) is 8.20. The maximum Gasteiger partial charge on any atom is 0.313 e. The van der Waals surface area contributed by atoms with E-state index < -0.39 is 36.3 Å². The first-order valence-electron chi connectivity index (χ1n) is 8.23. The molecule has 8 nitrogen and oxygen atoms in total. The zero-order chi connectivity index (χ0) is 18.5. The summed E-state index contributed by atoms with van der Waals surface area (Å²) in [5, 5.41) is 0. The SMILES string of the molecule is O=C(CC(=O)c1ccccc1C(=O)CC(=O)OCC1CO1)OCC1CO1. The number of epoxide rings is 2. The molecule has 3 rings (SSSR count). The summed E-state index contributed by atoms with van der Waals surface area (Å²) in [7, 11) is 0. The fourth-order valence-corrected chi connectivity index (χ4v) is 2.22. The lowest BCUT2D eigenvalue weighted by Gasteiger charge is -2.08. The van der Waals surface area contributed by atoms with Crippen molar-refractivity contribution in [2.75, 3.05) is 26.4 Å². The lowest BCUT2D eigenvalue weighted by atomic mass is 9.97. The summed E-state index contributed by atoms with van der Waals surface area (Å²) in [6.45, 7) is 1.32.